The van der Waals surface area contributed by atoms with E-state index in [2.05, 4.69) is 9.97 Å². The van der Waals surface area contributed by atoms with Crippen LogP contribution in [-0.2, 0) is 0 Å². The number of carbonyl (C=O) groups excluding carboxylic acids is 1. The number of phenols is 1. The number of aromatic nitrogens is 2. The molecule has 2 heterocycles. The first-order valence-corrected chi connectivity index (χ1v) is 7.35. The van der Waals surface area contributed by atoms with Crippen LogP contribution >= 0.6 is 0 Å². The first-order valence-electron chi connectivity index (χ1n) is 7.35. The van der Waals surface area contributed by atoms with Crippen LogP contribution in [0.4, 0.5) is 5.69 Å². The molecule has 2 N–H and O–H groups in total. The Hall–Kier alpha value is -2.90. The van der Waals surface area contributed by atoms with E-state index >= 15 is 0 Å². The molecule has 3 rings (SSSR count). The topological polar surface area (TPSA) is 112 Å². The van der Waals surface area contributed by atoms with Crippen LogP contribution in [0.3, 0.4) is 0 Å². The number of aromatic hydroxyl groups is 1. The molecule has 23 heavy (non-hydrogen) atoms. The molecule has 0 bridgehead atoms. The number of piperidine rings is 1. The van der Waals surface area contributed by atoms with Crippen molar-refractivity contribution in [3.05, 3.63) is 52.1 Å². The first kappa shape index (κ1) is 15.0. The van der Waals surface area contributed by atoms with Gasteiger partial charge in [-0.1, -0.05) is 0 Å². The van der Waals surface area contributed by atoms with Crippen molar-refractivity contribution in [2.75, 3.05) is 6.54 Å². The van der Waals surface area contributed by atoms with Gasteiger partial charge in [0, 0.05) is 25.0 Å². The van der Waals surface area contributed by atoms with Crippen LogP contribution in [0, 0.1) is 10.1 Å². The van der Waals surface area contributed by atoms with E-state index < -0.39 is 4.92 Å². The summed E-state index contributed by atoms with van der Waals surface area (Å²) in [6, 6.07) is 3.34. The lowest BCUT2D eigenvalue weighted by molar-refractivity contribution is -0.384. The van der Waals surface area contributed by atoms with Gasteiger partial charge in [0.25, 0.3) is 11.6 Å². The average Bonchev–Trinajstić information content (AvgIpc) is 3.08. The Bertz CT molecular complexity index is 729. The van der Waals surface area contributed by atoms with Gasteiger partial charge < -0.3 is 15.0 Å². The highest BCUT2D eigenvalue weighted by Gasteiger charge is 2.31. The van der Waals surface area contributed by atoms with E-state index in [1.807, 2.05) is 0 Å². The lowest BCUT2D eigenvalue weighted by Gasteiger charge is -2.34. The van der Waals surface area contributed by atoms with Crippen LogP contribution in [0.5, 0.6) is 5.75 Å². The molecule has 1 aromatic carbocycles. The highest BCUT2D eigenvalue weighted by molar-refractivity contribution is 5.97. The molecule has 1 atom stereocenters. The van der Waals surface area contributed by atoms with Crippen molar-refractivity contribution in [2.45, 2.75) is 25.3 Å². The molecule has 1 aromatic heterocycles. The van der Waals surface area contributed by atoms with Crippen LogP contribution in [0.2, 0.25) is 0 Å². The molecule has 8 nitrogen and oxygen atoms in total. The number of hydrogen-bond acceptors (Lipinski definition) is 5. The number of nitrogens with one attached hydrogen (secondary N) is 1. The average molecular weight is 316 g/mol. The molecular weight excluding hydrogens is 300 g/mol. The molecule has 1 aliphatic heterocycles. The first-order chi connectivity index (χ1) is 11.1. The summed E-state index contributed by atoms with van der Waals surface area (Å²) in [5.74, 6) is -0.0223. The third kappa shape index (κ3) is 2.87. The fourth-order valence-electron chi connectivity index (χ4n) is 2.89. The van der Waals surface area contributed by atoms with Gasteiger partial charge in [-0.3, -0.25) is 14.9 Å². The third-order valence-electron chi connectivity index (χ3n) is 4.02. The van der Waals surface area contributed by atoms with Crippen molar-refractivity contribution in [3.63, 3.8) is 0 Å². The summed E-state index contributed by atoms with van der Waals surface area (Å²) in [6.07, 6.45) is 5.98. The maximum Gasteiger partial charge on any atom is 0.273 e. The standard InChI is InChI=1S/C15H16N4O4/c20-13-9-10(19(22)23)4-5-11(13)15(21)18-8-2-1-3-12(18)14-16-6-7-17-14/h4-7,9,12,20H,1-3,8H2,(H,16,17)/t12-/m1/s1. The van der Waals surface area contributed by atoms with Gasteiger partial charge in [0.2, 0.25) is 0 Å². The number of H-pyrrole nitrogens is 1. The van der Waals surface area contributed by atoms with Crippen LogP contribution in [0.15, 0.2) is 30.6 Å². The van der Waals surface area contributed by atoms with E-state index in [0.717, 1.165) is 25.3 Å². The Balaban J connectivity index is 1.90. The quantitative estimate of drug-likeness (QED) is 0.667. The van der Waals surface area contributed by atoms with E-state index in [-0.39, 0.29) is 28.9 Å². The number of hydrogen-bond donors (Lipinski definition) is 2. The van der Waals surface area contributed by atoms with Crippen LogP contribution in [0.1, 0.15) is 41.5 Å². The van der Waals surface area contributed by atoms with Crippen LogP contribution in [-0.4, -0.2) is 37.3 Å². The van der Waals surface area contributed by atoms with E-state index in [1.165, 1.54) is 12.1 Å². The molecule has 0 spiro atoms. The second-order valence-electron chi connectivity index (χ2n) is 5.44. The monoisotopic (exact) mass is 316 g/mol. The lowest BCUT2D eigenvalue weighted by atomic mass is 10.00. The summed E-state index contributed by atoms with van der Waals surface area (Å²) in [6.45, 7) is 0.556. The number of nitro groups is 1. The number of non-ortho nitro benzene ring substituents is 1. The number of carbonyl (C=O) groups is 1. The molecule has 1 fully saturated rings. The minimum Gasteiger partial charge on any atom is -0.507 e. The van der Waals surface area contributed by atoms with E-state index in [9.17, 15) is 20.0 Å². The number of imidazole rings is 1. The zero-order valence-corrected chi connectivity index (χ0v) is 12.3. The number of nitro benzene ring substituents is 1. The van der Waals surface area contributed by atoms with Gasteiger partial charge in [-0.25, -0.2) is 4.98 Å². The second kappa shape index (κ2) is 6.07. The van der Waals surface area contributed by atoms with Gasteiger partial charge in [-0.15, -0.1) is 0 Å². The summed E-state index contributed by atoms with van der Waals surface area (Å²) < 4.78 is 0. The Morgan fingerprint density at radius 1 is 1.43 bits per heavy atom. The molecule has 0 saturated carbocycles. The number of rotatable bonds is 3. The Labute approximate surface area is 131 Å². The van der Waals surface area contributed by atoms with Gasteiger partial charge in [0.05, 0.1) is 22.6 Å². The number of benzene rings is 1. The van der Waals surface area contributed by atoms with E-state index in [0.29, 0.717) is 12.4 Å². The normalized spacial score (nSPS) is 17.9. The lowest BCUT2D eigenvalue weighted by Crippen LogP contribution is -2.39. The number of amides is 1. The minimum absolute atomic E-state index is 0.0639. The maximum atomic E-state index is 12.8. The van der Waals surface area contributed by atoms with Gasteiger partial charge in [-0.2, -0.15) is 0 Å². The molecule has 0 unspecified atom stereocenters. The maximum absolute atomic E-state index is 12.8. The van der Waals surface area contributed by atoms with Gasteiger partial charge in [-0.05, 0) is 25.3 Å². The van der Waals surface area contributed by atoms with Crippen molar-refractivity contribution in [1.82, 2.24) is 14.9 Å². The Morgan fingerprint density at radius 3 is 2.91 bits per heavy atom. The van der Waals surface area contributed by atoms with Crippen LogP contribution < -0.4 is 0 Å². The van der Waals surface area contributed by atoms with Crippen molar-refractivity contribution >= 4 is 11.6 Å². The molecule has 0 radical (unpaired) electrons. The van der Waals surface area contributed by atoms with Crippen molar-refractivity contribution in [3.8, 4) is 5.75 Å². The minimum atomic E-state index is -0.611. The summed E-state index contributed by atoms with van der Waals surface area (Å²) in [4.78, 5) is 31.8. The molecule has 1 amide bonds. The second-order valence-corrected chi connectivity index (χ2v) is 5.44. The zero-order chi connectivity index (χ0) is 16.4. The summed E-state index contributed by atoms with van der Waals surface area (Å²) in [7, 11) is 0. The fraction of sp³-hybridized carbons (Fsp3) is 0.333. The van der Waals surface area contributed by atoms with Crippen molar-refractivity contribution in [1.29, 1.82) is 0 Å². The number of likely N-dealkylation sites (tertiary alicyclic amines) is 1. The Kier molecular flexibility index (Phi) is 3.96. The highest BCUT2D eigenvalue weighted by atomic mass is 16.6. The number of phenolic OH excluding ortho intramolecular Hbond substituents is 1. The molecule has 0 aliphatic carbocycles. The fourth-order valence-corrected chi connectivity index (χ4v) is 2.89. The predicted molar refractivity (Wildman–Crippen MR) is 81.0 cm³/mol. The summed E-state index contributed by atoms with van der Waals surface area (Å²) in [5, 5.41) is 20.7. The molecule has 8 heteroatoms. The predicted octanol–water partition coefficient (Wildman–Crippen LogP) is 2.39. The molecular formula is C15H16N4O4. The number of aromatic amines is 1. The van der Waals surface area contributed by atoms with Crippen LogP contribution in [0.25, 0.3) is 0 Å². The molecule has 1 saturated heterocycles. The SMILES string of the molecule is O=C(c1ccc([N+](=O)[O-])cc1O)N1CCCC[C@@H]1c1ncc[nH]1. The van der Waals surface area contributed by atoms with Crippen molar-refractivity contribution < 1.29 is 14.8 Å². The highest BCUT2D eigenvalue weighted by Crippen LogP contribution is 2.32. The summed E-state index contributed by atoms with van der Waals surface area (Å²) >= 11 is 0. The zero-order valence-electron chi connectivity index (χ0n) is 12.3. The molecule has 120 valence electrons. The van der Waals surface area contributed by atoms with E-state index in [1.54, 1.807) is 17.3 Å². The van der Waals surface area contributed by atoms with E-state index in [4.69, 9.17) is 0 Å². The third-order valence-corrected chi connectivity index (χ3v) is 4.02. The molecule has 1 aliphatic rings. The van der Waals surface area contributed by atoms with Gasteiger partial charge in [0.1, 0.15) is 11.6 Å². The largest absolute Gasteiger partial charge is 0.507 e. The van der Waals surface area contributed by atoms with Crippen molar-refractivity contribution in [2.24, 2.45) is 0 Å². The smallest absolute Gasteiger partial charge is 0.273 e. The molecule has 2 aromatic rings. The summed E-state index contributed by atoms with van der Waals surface area (Å²) in [5.41, 5.74) is -0.186. The Morgan fingerprint density at radius 2 is 2.26 bits per heavy atom. The van der Waals surface area contributed by atoms with Gasteiger partial charge >= 0.3 is 0 Å². The number of nitrogens with zero attached hydrogens (tertiary/aromatic N) is 3. The van der Waals surface area contributed by atoms with Gasteiger partial charge in [0.15, 0.2) is 0 Å².